The van der Waals surface area contributed by atoms with Gasteiger partial charge in [0.1, 0.15) is 5.76 Å². The smallest absolute Gasteiger partial charge is 0.204 e. The second kappa shape index (κ2) is 11.5. The van der Waals surface area contributed by atoms with Crippen LogP contribution in [0.4, 0.5) is 0 Å². The Labute approximate surface area is 174 Å². The van der Waals surface area contributed by atoms with Crippen LogP contribution in [0.5, 0.6) is 0 Å². The first-order chi connectivity index (χ1) is 14.2. The van der Waals surface area contributed by atoms with Gasteiger partial charge in [-0.2, -0.15) is 0 Å². The Morgan fingerprint density at radius 3 is 2.72 bits per heavy atom. The molecule has 0 spiro atoms. The average Bonchev–Trinajstić information content (AvgIpc) is 3.02. The van der Waals surface area contributed by atoms with Crippen molar-refractivity contribution in [3.8, 4) is 0 Å². The molecule has 1 saturated heterocycles. The van der Waals surface area contributed by atoms with Gasteiger partial charge in [0.25, 0.3) is 0 Å². The Morgan fingerprint density at radius 2 is 1.93 bits per heavy atom. The molecular formula is C24H34O5. The number of benzene rings is 1. The van der Waals surface area contributed by atoms with Crippen LogP contribution in [-0.2, 0) is 30.3 Å². The maximum absolute atomic E-state index is 12.4. The summed E-state index contributed by atoms with van der Waals surface area (Å²) in [6.07, 6.45) is 10.1. The molecule has 1 fully saturated rings. The van der Waals surface area contributed by atoms with Crippen LogP contribution in [0, 0.1) is 0 Å². The molecule has 3 rings (SSSR count). The molecule has 160 valence electrons. The lowest BCUT2D eigenvalue weighted by molar-refractivity contribution is -0.162. The number of ether oxygens (including phenoxy) is 4. The standard InChI is InChI=1S/C24H34O5/c1-24(19-26-18-20-11-5-4-6-12-20)22(25)17-21(29-24)13-7-2-3-9-15-27-23-14-8-10-16-28-23/h4-6,11-12,17,23H,2-3,7-10,13-16,18-19H2,1H3. The van der Waals surface area contributed by atoms with Gasteiger partial charge >= 0.3 is 0 Å². The summed E-state index contributed by atoms with van der Waals surface area (Å²) >= 11 is 0. The van der Waals surface area contributed by atoms with Crippen molar-refractivity contribution < 1.29 is 23.7 Å². The Hall–Kier alpha value is -1.69. The van der Waals surface area contributed by atoms with Crippen LogP contribution in [0.15, 0.2) is 42.2 Å². The third-order valence-electron chi connectivity index (χ3n) is 5.42. The number of ketones is 1. The van der Waals surface area contributed by atoms with Gasteiger partial charge in [-0.25, -0.2) is 0 Å². The van der Waals surface area contributed by atoms with Gasteiger partial charge in [0, 0.05) is 25.7 Å². The molecule has 0 aliphatic carbocycles. The number of hydrogen-bond donors (Lipinski definition) is 0. The van der Waals surface area contributed by atoms with Gasteiger partial charge in [-0.1, -0.05) is 43.2 Å². The first-order valence-corrected chi connectivity index (χ1v) is 10.9. The summed E-state index contributed by atoms with van der Waals surface area (Å²) in [7, 11) is 0. The van der Waals surface area contributed by atoms with Gasteiger partial charge in [0.15, 0.2) is 11.9 Å². The van der Waals surface area contributed by atoms with E-state index in [4.69, 9.17) is 18.9 Å². The third kappa shape index (κ3) is 7.25. The van der Waals surface area contributed by atoms with Gasteiger partial charge in [-0.15, -0.1) is 0 Å². The zero-order chi connectivity index (χ0) is 20.4. The number of rotatable bonds is 12. The maximum Gasteiger partial charge on any atom is 0.204 e. The van der Waals surface area contributed by atoms with E-state index in [2.05, 4.69) is 0 Å². The summed E-state index contributed by atoms with van der Waals surface area (Å²) in [5.74, 6) is 0.786. The summed E-state index contributed by atoms with van der Waals surface area (Å²) in [5, 5.41) is 0. The summed E-state index contributed by atoms with van der Waals surface area (Å²) in [5.41, 5.74) is 0.201. The highest BCUT2D eigenvalue weighted by Gasteiger charge is 2.40. The zero-order valence-electron chi connectivity index (χ0n) is 17.6. The number of carbonyl (C=O) groups is 1. The van der Waals surface area contributed by atoms with E-state index in [1.54, 1.807) is 6.08 Å². The molecule has 5 heteroatoms. The number of unbranched alkanes of at least 4 members (excludes halogenated alkanes) is 3. The van der Waals surface area contributed by atoms with E-state index in [1.807, 2.05) is 37.3 Å². The van der Waals surface area contributed by atoms with Crippen LogP contribution in [0.3, 0.4) is 0 Å². The molecule has 2 aliphatic heterocycles. The molecule has 1 aromatic carbocycles. The largest absolute Gasteiger partial charge is 0.481 e. The first kappa shape index (κ1) is 22.0. The van der Waals surface area contributed by atoms with Crippen molar-refractivity contribution in [3.05, 3.63) is 47.7 Å². The van der Waals surface area contributed by atoms with Crippen molar-refractivity contribution in [1.82, 2.24) is 0 Å². The fourth-order valence-corrected chi connectivity index (χ4v) is 3.64. The van der Waals surface area contributed by atoms with E-state index in [0.717, 1.165) is 69.5 Å². The lowest BCUT2D eigenvalue weighted by Gasteiger charge is -2.24. The molecule has 0 amide bonds. The van der Waals surface area contributed by atoms with E-state index >= 15 is 0 Å². The molecule has 1 aromatic rings. The quantitative estimate of drug-likeness (QED) is 0.464. The van der Waals surface area contributed by atoms with Crippen molar-refractivity contribution in [1.29, 1.82) is 0 Å². The predicted molar refractivity (Wildman–Crippen MR) is 111 cm³/mol. The van der Waals surface area contributed by atoms with E-state index in [9.17, 15) is 4.79 Å². The van der Waals surface area contributed by atoms with Gasteiger partial charge in [0.05, 0.1) is 13.2 Å². The molecule has 29 heavy (non-hydrogen) atoms. The van der Waals surface area contributed by atoms with Gasteiger partial charge in [-0.3, -0.25) is 4.79 Å². The van der Waals surface area contributed by atoms with Crippen molar-refractivity contribution in [2.45, 2.75) is 76.8 Å². The minimum Gasteiger partial charge on any atom is -0.481 e. The Morgan fingerprint density at radius 1 is 1.10 bits per heavy atom. The molecule has 2 aliphatic rings. The SMILES string of the molecule is CC1(COCc2ccccc2)OC(CCCCCCOC2CCCCO2)=CC1=O. The lowest BCUT2D eigenvalue weighted by Crippen LogP contribution is -2.38. The summed E-state index contributed by atoms with van der Waals surface area (Å²) in [6, 6.07) is 9.95. The second-order valence-corrected chi connectivity index (χ2v) is 8.12. The molecule has 2 unspecified atom stereocenters. The van der Waals surface area contributed by atoms with Crippen LogP contribution < -0.4 is 0 Å². The fourth-order valence-electron chi connectivity index (χ4n) is 3.64. The Kier molecular flexibility index (Phi) is 8.71. The molecule has 2 heterocycles. The van der Waals surface area contributed by atoms with E-state index < -0.39 is 5.60 Å². The summed E-state index contributed by atoms with van der Waals surface area (Å²) in [4.78, 5) is 12.4. The molecule has 0 aromatic heterocycles. The zero-order valence-corrected chi connectivity index (χ0v) is 17.6. The van der Waals surface area contributed by atoms with Crippen molar-refractivity contribution >= 4 is 5.78 Å². The van der Waals surface area contributed by atoms with Crippen LogP contribution in [-0.4, -0.2) is 37.5 Å². The predicted octanol–water partition coefficient (Wildman–Crippen LogP) is 4.94. The molecule has 2 atom stereocenters. The molecule has 0 radical (unpaired) electrons. The summed E-state index contributed by atoms with van der Waals surface area (Å²) < 4.78 is 23.0. The first-order valence-electron chi connectivity index (χ1n) is 10.9. The van der Waals surface area contributed by atoms with Crippen LogP contribution in [0.2, 0.25) is 0 Å². The van der Waals surface area contributed by atoms with E-state index in [-0.39, 0.29) is 18.7 Å². The average molecular weight is 403 g/mol. The van der Waals surface area contributed by atoms with Crippen molar-refractivity contribution in [2.75, 3.05) is 19.8 Å². The van der Waals surface area contributed by atoms with Crippen LogP contribution in [0.25, 0.3) is 0 Å². The van der Waals surface area contributed by atoms with Gasteiger partial charge in [0.2, 0.25) is 5.78 Å². The number of carbonyl (C=O) groups excluding carboxylic acids is 1. The Balaban J connectivity index is 1.25. The fraction of sp³-hybridized carbons (Fsp3) is 0.625. The minimum absolute atomic E-state index is 0.00134. The lowest BCUT2D eigenvalue weighted by atomic mass is 10.0. The van der Waals surface area contributed by atoms with Crippen molar-refractivity contribution in [2.24, 2.45) is 0 Å². The molecule has 0 N–H and O–H groups in total. The summed E-state index contributed by atoms with van der Waals surface area (Å²) in [6.45, 7) is 4.15. The third-order valence-corrected chi connectivity index (χ3v) is 5.42. The molecule has 0 saturated carbocycles. The maximum atomic E-state index is 12.4. The Bertz CT molecular complexity index is 650. The highest BCUT2D eigenvalue weighted by molar-refractivity contribution is 5.99. The highest BCUT2D eigenvalue weighted by atomic mass is 16.7. The topological polar surface area (TPSA) is 54.0 Å². The van der Waals surface area contributed by atoms with E-state index in [0.29, 0.717) is 6.61 Å². The minimum atomic E-state index is -0.891. The number of hydrogen-bond acceptors (Lipinski definition) is 5. The van der Waals surface area contributed by atoms with Gasteiger partial charge in [-0.05, 0) is 44.6 Å². The van der Waals surface area contributed by atoms with Crippen LogP contribution in [0.1, 0.15) is 63.9 Å². The normalized spacial score (nSPS) is 24.4. The number of allylic oxidation sites excluding steroid dienone is 1. The molecular weight excluding hydrogens is 368 g/mol. The van der Waals surface area contributed by atoms with Crippen LogP contribution >= 0.6 is 0 Å². The highest BCUT2D eigenvalue weighted by Crippen LogP contribution is 2.29. The second-order valence-electron chi connectivity index (χ2n) is 8.12. The van der Waals surface area contributed by atoms with E-state index in [1.165, 1.54) is 6.42 Å². The van der Waals surface area contributed by atoms with Gasteiger partial charge < -0.3 is 18.9 Å². The molecule has 0 bridgehead atoms. The van der Waals surface area contributed by atoms with Crippen molar-refractivity contribution in [3.63, 3.8) is 0 Å². The monoisotopic (exact) mass is 402 g/mol. The molecule has 5 nitrogen and oxygen atoms in total.